The van der Waals surface area contributed by atoms with E-state index in [-0.39, 0.29) is 5.91 Å². The fourth-order valence-corrected chi connectivity index (χ4v) is 2.31. The van der Waals surface area contributed by atoms with Gasteiger partial charge in [0.15, 0.2) is 0 Å². The van der Waals surface area contributed by atoms with Crippen LogP contribution < -0.4 is 10.6 Å². The van der Waals surface area contributed by atoms with Gasteiger partial charge in [0.1, 0.15) is 17.1 Å². The second kappa shape index (κ2) is 7.14. The monoisotopic (exact) mass is 325 g/mol. The number of hydrogen-bond donors (Lipinski definition) is 2. The number of pyridine rings is 1. The minimum atomic E-state index is -0.266. The number of carbonyl (C=O) groups is 1. The first-order valence-electron chi connectivity index (χ1n) is 7.66. The largest absolute Gasteiger partial charge is 0.464 e. The summed E-state index contributed by atoms with van der Waals surface area (Å²) in [4.78, 5) is 16.7. The average Bonchev–Trinajstić information content (AvgIpc) is 3.06. The Morgan fingerprint density at radius 1 is 1.25 bits per heavy atom. The van der Waals surface area contributed by atoms with Crippen LogP contribution in [0.5, 0.6) is 0 Å². The van der Waals surface area contributed by atoms with Crippen molar-refractivity contribution in [3.8, 4) is 0 Å². The number of aryl methyl sites for hydroxylation is 1. The Labute approximate surface area is 139 Å². The van der Waals surface area contributed by atoms with Gasteiger partial charge in [0.05, 0.1) is 18.3 Å². The summed E-state index contributed by atoms with van der Waals surface area (Å²) in [5, 5.41) is 6.83. The van der Waals surface area contributed by atoms with Crippen molar-refractivity contribution < 1.29 is 13.9 Å². The molecule has 0 radical (unpaired) electrons. The van der Waals surface area contributed by atoms with E-state index in [0.717, 1.165) is 11.1 Å². The zero-order valence-electron chi connectivity index (χ0n) is 13.6. The molecule has 1 aromatic carbocycles. The molecule has 0 aliphatic rings. The Morgan fingerprint density at radius 2 is 2.04 bits per heavy atom. The number of benzene rings is 1. The van der Waals surface area contributed by atoms with Crippen LogP contribution in [0.2, 0.25) is 0 Å². The third-order valence-corrected chi connectivity index (χ3v) is 3.59. The van der Waals surface area contributed by atoms with Crippen LogP contribution >= 0.6 is 0 Å². The topological polar surface area (TPSA) is 76.4 Å². The van der Waals surface area contributed by atoms with Gasteiger partial charge in [0, 0.05) is 25.4 Å². The Bertz CT molecular complexity index is 840. The van der Waals surface area contributed by atoms with E-state index in [4.69, 9.17) is 9.15 Å². The number of fused-ring (bicyclic) bond motifs is 1. The van der Waals surface area contributed by atoms with E-state index in [1.54, 1.807) is 19.4 Å². The lowest BCUT2D eigenvalue weighted by Gasteiger charge is -2.10. The van der Waals surface area contributed by atoms with Gasteiger partial charge in [-0.25, -0.2) is 4.98 Å². The van der Waals surface area contributed by atoms with E-state index in [0.29, 0.717) is 30.2 Å². The number of amides is 1. The molecule has 0 saturated heterocycles. The van der Waals surface area contributed by atoms with Crippen LogP contribution in [0, 0.1) is 6.92 Å². The standard InChI is InChI=1S/C18H19N3O3/c1-12-3-5-13(6-4-12)20-17-14-7-9-24-16(14)11-15(21-17)18(22)19-8-10-23-2/h3-7,9,11H,8,10H2,1-2H3,(H,19,22)(H,20,21). The first-order chi connectivity index (χ1) is 11.7. The van der Waals surface area contributed by atoms with Gasteiger partial charge in [-0.05, 0) is 25.1 Å². The Balaban J connectivity index is 1.89. The maximum Gasteiger partial charge on any atom is 0.270 e. The van der Waals surface area contributed by atoms with Crippen molar-refractivity contribution in [2.45, 2.75) is 6.92 Å². The van der Waals surface area contributed by atoms with Crippen molar-refractivity contribution in [3.63, 3.8) is 0 Å². The van der Waals surface area contributed by atoms with Crippen molar-refractivity contribution in [1.29, 1.82) is 0 Å². The van der Waals surface area contributed by atoms with Crippen LogP contribution in [0.3, 0.4) is 0 Å². The highest BCUT2D eigenvalue weighted by atomic mass is 16.5. The van der Waals surface area contributed by atoms with E-state index in [1.807, 2.05) is 37.3 Å². The number of ether oxygens (including phenoxy) is 1. The molecule has 0 aliphatic carbocycles. The smallest absolute Gasteiger partial charge is 0.270 e. The second-order valence-electron chi connectivity index (χ2n) is 5.43. The quantitative estimate of drug-likeness (QED) is 0.680. The van der Waals surface area contributed by atoms with Gasteiger partial charge in [-0.3, -0.25) is 4.79 Å². The molecule has 0 aliphatic heterocycles. The first kappa shape index (κ1) is 16.0. The molecular formula is C18H19N3O3. The number of nitrogens with one attached hydrogen (secondary N) is 2. The second-order valence-corrected chi connectivity index (χ2v) is 5.43. The molecular weight excluding hydrogens is 306 g/mol. The maximum absolute atomic E-state index is 12.2. The molecule has 0 saturated carbocycles. The van der Waals surface area contributed by atoms with Gasteiger partial charge in [-0.1, -0.05) is 17.7 Å². The number of carbonyl (C=O) groups excluding carboxylic acids is 1. The van der Waals surface area contributed by atoms with Gasteiger partial charge in [0.2, 0.25) is 0 Å². The number of furan rings is 1. The van der Waals surface area contributed by atoms with Crippen molar-refractivity contribution in [2.24, 2.45) is 0 Å². The van der Waals surface area contributed by atoms with E-state index < -0.39 is 0 Å². The number of rotatable bonds is 6. The fourth-order valence-electron chi connectivity index (χ4n) is 2.31. The van der Waals surface area contributed by atoms with Gasteiger partial charge < -0.3 is 19.8 Å². The van der Waals surface area contributed by atoms with Crippen LogP contribution in [0.15, 0.2) is 47.1 Å². The van der Waals surface area contributed by atoms with E-state index in [2.05, 4.69) is 15.6 Å². The van der Waals surface area contributed by atoms with Gasteiger partial charge in [-0.2, -0.15) is 0 Å². The molecule has 0 unspecified atom stereocenters. The Kier molecular flexibility index (Phi) is 4.77. The predicted octanol–water partition coefficient (Wildman–Crippen LogP) is 3.26. The highest BCUT2D eigenvalue weighted by Crippen LogP contribution is 2.26. The third kappa shape index (κ3) is 3.55. The molecule has 124 valence electrons. The molecule has 3 rings (SSSR count). The lowest BCUT2D eigenvalue weighted by Crippen LogP contribution is -2.27. The molecule has 3 aromatic rings. The molecule has 2 N–H and O–H groups in total. The highest BCUT2D eigenvalue weighted by molar-refractivity contribution is 5.99. The molecule has 24 heavy (non-hydrogen) atoms. The minimum Gasteiger partial charge on any atom is -0.464 e. The third-order valence-electron chi connectivity index (χ3n) is 3.59. The summed E-state index contributed by atoms with van der Waals surface area (Å²) < 4.78 is 10.4. The summed E-state index contributed by atoms with van der Waals surface area (Å²) in [5.74, 6) is 0.319. The summed E-state index contributed by atoms with van der Waals surface area (Å²) in [5.41, 5.74) is 2.97. The molecule has 0 fully saturated rings. The van der Waals surface area contributed by atoms with E-state index in [9.17, 15) is 4.79 Å². The fraction of sp³-hybridized carbons (Fsp3) is 0.222. The summed E-state index contributed by atoms with van der Waals surface area (Å²) >= 11 is 0. The molecule has 2 heterocycles. The molecule has 6 nitrogen and oxygen atoms in total. The lowest BCUT2D eigenvalue weighted by atomic mass is 10.2. The van der Waals surface area contributed by atoms with Crippen LogP contribution in [0.1, 0.15) is 16.1 Å². The van der Waals surface area contributed by atoms with Gasteiger partial charge in [-0.15, -0.1) is 0 Å². The van der Waals surface area contributed by atoms with Crippen LogP contribution in [0.25, 0.3) is 11.0 Å². The normalized spacial score (nSPS) is 10.8. The first-order valence-corrected chi connectivity index (χ1v) is 7.66. The summed E-state index contributed by atoms with van der Waals surface area (Å²) in [6.45, 7) is 2.90. The molecule has 1 amide bonds. The summed E-state index contributed by atoms with van der Waals surface area (Å²) in [6.07, 6.45) is 1.58. The van der Waals surface area contributed by atoms with Crippen molar-refractivity contribution in [1.82, 2.24) is 10.3 Å². The van der Waals surface area contributed by atoms with Gasteiger partial charge in [0.25, 0.3) is 5.91 Å². The van der Waals surface area contributed by atoms with Gasteiger partial charge >= 0.3 is 0 Å². The zero-order chi connectivity index (χ0) is 16.9. The highest BCUT2D eigenvalue weighted by Gasteiger charge is 2.14. The zero-order valence-corrected chi connectivity index (χ0v) is 13.6. The molecule has 0 bridgehead atoms. The SMILES string of the molecule is COCCNC(=O)c1cc2occc2c(Nc2ccc(C)cc2)n1. The Morgan fingerprint density at radius 3 is 2.79 bits per heavy atom. The van der Waals surface area contributed by atoms with E-state index >= 15 is 0 Å². The Hall–Kier alpha value is -2.86. The number of aromatic nitrogens is 1. The number of anilines is 2. The molecule has 0 atom stereocenters. The average molecular weight is 325 g/mol. The molecule has 0 spiro atoms. The number of hydrogen-bond acceptors (Lipinski definition) is 5. The van der Waals surface area contributed by atoms with Crippen molar-refractivity contribution in [2.75, 3.05) is 25.6 Å². The van der Waals surface area contributed by atoms with Crippen LogP contribution in [0.4, 0.5) is 11.5 Å². The lowest BCUT2D eigenvalue weighted by molar-refractivity contribution is 0.0932. The number of nitrogens with zero attached hydrogens (tertiary/aromatic N) is 1. The van der Waals surface area contributed by atoms with Crippen molar-refractivity contribution >= 4 is 28.4 Å². The molecule has 2 aromatic heterocycles. The van der Waals surface area contributed by atoms with Crippen molar-refractivity contribution in [3.05, 3.63) is 53.9 Å². The number of methoxy groups -OCH3 is 1. The summed E-state index contributed by atoms with van der Waals surface area (Å²) in [7, 11) is 1.59. The molecule has 6 heteroatoms. The summed E-state index contributed by atoms with van der Waals surface area (Å²) in [6, 6.07) is 11.4. The maximum atomic E-state index is 12.2. The van der Waals surface area contributed by atoms with Crippen LogP contribution in [-0.2, 0) is 4.74 Å². The van der Waals surface area contributed by atoms with Crippen LogP contribution in [-0.4, -0.2) is 31.2 Å². The van der Waals surface area contributed by atoms with E-state index in [1.165, 1.54) is 5.56 Å². The predicted molar refractivity (Wildman–Crippen MR) is 92.7 cm³/mol. The minimum absolute atomic E-state index is 0.266.